The quantitative estimate of drug-likeness (QED) is 0.797. The summed E-state index contributed by atoms with van der Waals surface area (Å²) in [5.74, 6) is -2.43. The summed E-state index contributed by atoms with van der Waals surface area (Å²) in [6.45, 7) is 1.62. The van der Waals surface area contributed by atoms with Crippen molar-refractivity contribution in [2.24, 2.45) is 0 Å². The van der Waals surface area contributed by atoms with E-state index in [2.05, 4.69) is 5.32 Å². The van der Waals surface area contributed by atoms with Crippen LogP contribution in [0, 0.1) is 11.6 Å². The number of rotatable bonds is 5. The Hall–Kier alpha value is -1.98. The van der Waals surface area contributed by atoms with Crippen LogP contribution in [0.2, 0.25) is 0 Å². The van der Waals surface area contributed by atoms with Crippen molar-refractivity contribution in [2.75, 3.05) is 0 Å². The Morgan fingerprint density at radius 3 is 2.56 bits per heavy atom. The molecule has 0 bridgehead atoms. The van der Waals surface area contributed by atoms with E-state index >= 15 is 0 Å². The normalized spacial score (nSPS) is 11.9. The van der Waals surface area contributed by atoms with Crippen LogP contribution >= 0.6 is 0 Å². The fourth-order valence-corrected chi connectivity index (χ4v) is 1.44. The number of hydrogen-bond acceptors (Lipinski definition) is 2. The lowest BCUT2D eigenvalue weighted by Crippen LogP contribution is -2.31. The van der Waals surface area contributed by atoms with Crippen LogP contribution in [0.15, 0.2) is 18.2 Å². The number of carbonyl (C=O) groups is 2. The lowest BCUT2D eigenvalue weighted by Gasteiger charge is -2.10. The maximum Gasteiger partial charge on any atom is 0.404 e. The van der Waals surface area contributed by atoms with Gasteiger partial charge in [0, 0.05) is 18.0 Å². The van der Waals surface area contributed by atoms with E-state index in [9.17, 15) is 18.4 Å². The lowest BCUT2D eigenvalue weighted by molar-refractivity contribution is 0.0975. The first kappa shape index (κ1) is 14.1. The first-order valence-electron chi connectivity index (χ1n) is 5.38. The van der Waals surface area contributed by atoms with Crippen molar-refractivity contribution in [3.8, 4) is 0 Å². The van der Waals surface area contributed by atoms with Crippen molar-refractivity contribution >= 4 is 11.9 Å². The van der Waals surface area contributed by atoms with Gasteiger partial charge < -0.3 is 10.4 Å². The molecule has 0 aliphatic carbocycles. The Morgan fingerprint density at radius 1 is 1.33 bits per heavy atom. The summed E-state index contributed by atoms with van der Waals surface area (Å²) in [6, 6.07) is 2.56. The molecule has 1 atom stereocenters. The number of ketones is 1. The molecule has 0 aliphatic heterocycles. The van der Waals surface area contributed by atoms with Crippen LogP contribution in [0.4, 0.5) is 13.6 Å². The first-order valence-corrected chi connectivity index (χ1v) is 5.38. The molecule has 1 aromatic carbocycles. The Morgan fingerprint density at radius 2 is 2.00 bits per heavy atom. The largest absolute Gasteiger partial charge is 0.465 e. The van der Waals surface area contributed by atoms with E-state index in [1.807, 2.05) is 0 Å². The van der Waals surface area contributed by atoms with Crippen molar-refractivity contribution in [1.29, 1.82) is 0 Å². The number of halogens is 2. The van der Waals surface area contributed by atoms with Crippen LogP contribution in [0.3, 0.4) is 0 Å². The van der Waals surface area contributed by atoms with E-state index in [1.165, 1.54) is 6.07 Å². The number of nitrogens with one attached hydrogen (secondary N) is 1. The molecule has 0 spiro atoms. The molecule has 1 rings (SSSR count). The van der Waals surface area contributed by atoms with Crippen LogP contribution in [-0.4, -0.2) is 23.0 Å². The lowest BCUT2D eigenvalue weighted by atomic mass is 10.0. The van der Waals surface area contributed by atoms with Crippen LogP contribution < -0.4 is 5.32 Å². The molecular weight excluding hydrogens is 244 g/mol. The molecule has 0 heterocycles. The monoisotopic (exact) mass is 257 g/mol. The molecule has 0 unspecified atom stereocenters. The minimum Gasteiger partial charge on any atom is -0.465 e. The van der Waals surface area contributed by atoms with Crippen molar-refractivity contribution in [3.63, 3.8) is 0 Å². The predicted molar refractivity (Wildman–Crippen MR) is 60.5 cm³/mol. The molecule has 4 nitrogen and oxygen atoms in total. The number of hydrogen-bond donors (Lipinski definition) is 2. The van der Waals surface area contributed by atoms with Gasteiger partial charge in [0.1, 0.15) is 0 Å². The van der Waals surface area contributed by atoms with Crippen LogP contribution in [0.1, 0.15) is 30.1 Å². The zero-order chi connectivity index (χ0) is 13.7. The maximum absolute atomic E-state index is 12.9. The van der Waals surface area contributed by atoms with E-state index < -0.39 is 17.7 Å². The van der Waals surface area contributed by atoms with Crippen LogP contribution in [0.25, 0.3) is 0 Å². The summed E-state index contributed by atoms with van der Waals surface area (Å²) in [5.41, 5.74) is 0.0800. The molecule has 6 heteroatoms. The molecular formula is C12H13F2NO3. The highest BCUT2D eigenvalue weighted by Crippen LogP contribution is 2.12. The molecule has 18 heavy (non-hydrogen) atoms. The summed E-state index contributed by atoms with van der Waals surface area (Å²) >= 11 is 0. The van der Waals surface area contributed by atoms with Gasteiger partial charge in [-0.15, -0.1) is 0 Å². The second-order valence-electron chi connectivity index (χ2n) is 3.94. The van der Waals surface area contributed by atoms with Crippen molar-refractivity contribution < 1.29 is 23.5 Å². The first-order chi connectivity index (χ1) is 8.40. The molecule has 0 radical (unpaired) electrons. The summed E-state index contributed by atoms with van der Waals surface area (Å²) in [4.78, 5) is 22.0. The van der Waals surface area contributed by atoms with Crippen LogP contribution in [-0.2, 0) is 0 Å². The Kier molecular flexibility index (Phi) is 4.76. The molecule has 0 fully saturated rings. The van der Waals surface area contributed by atoms with Gasteiger partial charge in [0.15, 0.2) is 17.4 Å². The average molecular weight is 257 g/mol. The molecule has 2 N–H and O–H groups in total. The van der Waals surface area contributed by atoms with Gasteiger partial charge in [-0.1, -0.05) is 0 Å². The molecule has 0 saturated heterocycles. The van der Waals surface area contributed by atoms with Crippen molar-refractivity contribution in [1.82, 2.24) is 5.32 Å². The highest BCUT2D eigenvalue weighted by Gasteiger charge is 2.12. The Balaban J connectivity index is 2.55. The SMILES string of the molecule is C[C@@H](CCC(=O)c1ccc(F)c(F)c1)NC(=O)O. The Labute approximate surface area is 103 Å². The highest BCUT2D eigenvalue weighted by atomic mass is 19.2. The maximum atomic E-state index is 12.9. The zero-order valence-corrected chi connectivity index (χ0v) is 9.74. The van der Waals surface area contributed by atoms with Crippen molar-refractivity contribution in [2.45, 2.75) is 25.8 Å². The third kappa shape index (κ3) is 4.12. The van der Waals surface area contributed by atoms with Gasteiger partial charge in [0.2, 0.25) is 0 Å². The van der Waals surface area contributed by atoms with E-state index in [0.717, 1.165) is 12.1 Å². The van der Waals surface area contributed by atoms with E-state index in [1.54, 1.807) is 6.92 Å². The highest BCUT2D eigenvalue weighted by molar-refractivity contribution is 5.96. The number of Topliss-reactive ketones (excluding diaryl/α,β-unsaturated/α-hetero) is 1. The zero-order valence-electron chi connectivity index (χ0n) is 9.74. The van der Waals surface area contributed by atoms with E-state index in [-0.39, 0.29) is 23.8 Å². The molecule has 1 amide bonds. The number of carbonyl (C=O) groups excluding carboxylic acids is 1. The summed E-state index contributed by atoms with van der Waals surface area (Å²) < 4.78 is 25.6. The minimum atomic E-state index is -1.16. The molecule has 98 valence electrons. The van der Waals surface area contributed by atoms with Crippen molar-refractivity contribution in [3.05, 3.63) is 35.4 Å². The molecule has 0 saturated carbocycles. The van der Waals surface area contributed by atoms with Crippen LogP contribution in [0.5, 0.6) is 0 Å². The summed E-state index contributed by atoms with van der Waals surface area (Å²) in [7, 11) is 0. The van der Waals surface area contributed by atoms with Gasteiger partial charge in [-0.3, -0.25) is 4.79 Å². The van der Waals surface area contributed by atoms with Gasteiger partial charge >= 0.3 is 6.09 Å². The Bertz CT molecular complexity index is 463. The number of amides is 1. The standard InChI is InChI=1S/C12H13F2NO3/c1-7(15-12(17)18)2-5-11(16)8-3-4-9(13)10(14)6-8/h3-4,6-7,15H,2,5H2,1H3,(H,17,18)/t7-/m0/s1. The smallest absolute Gasteiger partial charge is 0.404 e. The summed E-state index contributed by atoms with van der Waals surface area (Å²) in [6.07, 6.45) is -0.806. The van der Waals surface area contributed by atoms with Gasteiger partial charge in [0.05, 0.1) is 0 Å². The second-order valence-corrected chi connectivity index (χ2v) is 3.94. The third-order valence-corrected chi connectivity index (χ3v) is 2.42. The molecule has 0 aromatic heterocycles. The van der Waals surface area contributed by atoms with E-state index in [0.29, 0.717) is 6.42 Å². The topological polar surface area (TPSA) is 66.4 Å². The summed E-state index contributed by atoms with van der Waals surface area (Å²) in [5, 5.41) is 10.6. The predicted octanol–water partition coefficient (Wildman–Crippen LogP) is 2.58. The molecule has 1 aromatic rings. The molecule has 0 aliphatic rings. The number of benzene rings is 1. The van der Waals surface area contributed by atoms with Gasteiger partial charge in [-0.25, -0.2) is 13.6 Å². The minimum absolute atomic E-state index is 0.0620. The fraction of sp³-hybridized carbons (Fsp3) is 0.333. The van der Waals surface area contributed by atoms with Gasteiger partial charge in [0.25, 0.3) is 0 Å². The number of carboxylic acid groups (broad SMARTS) is 1. The fourth-order valence-electron chi connectivity index (χ4n) is 1.44. The van der Waals surface area contributed by atoms with E-state index in [4.69, 9.17) is 5.11 Å². The average Bonchev–Trinajstić information content (AvgIpc) is 2.28. The second kappa shape index (κ2) is 6.09. The van der Waals surface area contributed by atoms with Gasteiger partial charge in [-0.2, -0.15) is 0 Å². The third-order valence-electron chi connectivity index (χ3n) is 2.42. The van der Waals surface area contributed by atoms with Gasteiger partial charge in [-0.05, 0) is 31.5 Å².